The Morgan fingerprint density at radius 2 is 2.20 bits per heavy atom. The number of pyridine rings is 1. The van der Waals surface area contributed by atoms with E-state index in [4.69, 9.17) is 4.74 Å². The van der Waals surface area contributed by atoms with E-state index in [2.05, 4.69) is 11.9 Å². The number of hydrogen-bond acceptors (Lipinski definition) is 3. The average molecular weight is 207 g/mol. The monoisotopic (exact) mass is 207 g/mol. The molecule has 1 heterocycles. The number of aryl methyl sites for hydroxylation is 2. The summed E-state index contributed by atoms with van der Waals surface area (Å²) in [6.45, 7) is 4.35. The average Bonchev–Trinajstić information content (AvgIpc) is 2.27. The zero-order valence-electron chi connectivity index (χ0n) is 9.32. The molecule has 0 spiro atoms. The number of carbonyl (C=O) groups excluding carboxylic acids is 1. The lowest BCUT2D eigenvalue weighted by atomic mass is 10.1. The molecule has 0 bridgehead atoms. The Hall–Kier alpha value is -1.38. The van der Waals surface area contributed by atoms with Gasteiger partial charge in [0.2, 0.25) is 0 Å². The molecule has 1 rings (SSSR count). The summed E-state index contributed by atoms with van der Waals surface area (Å²) in [6, 6.07) is 4.02. The number of rotatable bonds is 5. The van der Waals surface area contributed by atoms with Gasteiger partial charge < -0.3 is 4.74 Å². The lowest BCUT2D eigenvalue weighted by Crippen LogP contribution is -2.05. The van der Waals surface area contributed by atoms with Crippen LogP contribution in [0.15, 0.2) is 18.3 Å². The van der Waals surface area contributed by atoms with Gasteiger partial charge in [0.25, 0.3) is 0 Å². The third kappa shape index (κ3) is 4.11. The number of esters is 1. The molecule has 15 heavy (non-hydrogen) atoms. The first-order valence-corrected chi connectivity index (χ1v) is 5.35. The first-order valence-electron chi connectivity index (χ1n) is 5.35. The van der Waals surface area contributed by atoms with E-state index in [0.29, 0.717) is 19.4 Å². The highest BCUT2D eigenvalue weighted by Crippen LogP contribution is 2.04. The van der Waals surface area contributed by atoms with Crippen LogP contribution in [0.5, 0.6) is 0 Å². The molecule has 1 aromatic rings. The minimum absolute atomic E-state index is 0.154. The maximum atomic E-state index is 11.1. The van der Waals surface area contributed by atoms with Gasteiger partial charge in [-0.2, -0.15) is 0 Å². The van der Waals surface area contributed by atoms with Gasteiger partial charge in [0.1, 0.15) is 0 Å². The van der Waals surface area contributed by atoms with E-state index in [-0.39, 0.29) is 5.97 Å². The van der Waals surface area contributed by atoms with Crippen LogP contribution in [0.25, 0.3) is 0 Å². The van der Waals surface area contributed by atoms with Gasteiger partial charge in [0.15, 0.2) is 0 Å². The standard InChI is InChI=1S/C12H17NO2/c1-3-10-5-6-11(13-9-10)7-8-12(14)15-4-2/h5-6,9H,3-4,7-8H2,1-2H3. The van der Waals surface area contributed by atoms with E-state index < -0.39 is 0 Å². The molecular formula is C12H17NO2. The molecule has 0 aliphatic rings. The van der Waals surface area contributed by atoms with E-state index >= 15 is 0 Å². The highest BCUT2D eigenvalue weighted by Gasteiger charge is 2.03. The third-order valence-corrected chi connectivity index (χ3v) is 2.18. The van der Waals surface area contributed by atoms with E-state index in [9.17, 15) is 4.79 Å². The fraction of sp³-hybridized carbons (Fsp3) is 0.500. The van der Waals surface area contributed by atoms with Crippen LogP contribution in [0.3, 0.4) is 0 Å². The van der Waals surface area contributed by atoms with Gasteiger partial charge in [-0.1, -0.05) is 13.0 Å². The zero-order chi connectivity index (χ0) is 11.1. The maximum Gasteiger partial charge on any atom is 0.306 e. The minimum Gasteiger partial charge on any atom is -0.466 e. The lowest BCUT2D eigenvalue weighted by Gasteiger charge is -2.02. The molecule has 0 N–H and O–H groups in total. The maximum absolute atomic E-state index is 11.1. The van der Waals surface area contributed by atoms with Gasteiger partial charge in [-0.15, -0.1) is 0 Å². The first kappa shape index (κ1) is 11.7. The molecule has 0 amide bonds. The molecule has 0 aliphatic heterocycles. The van der Waals surface area contributed by atoms with Crippen LogP contribution in [0, 0.1) is 0 Å². The molecule has 82 valence electrons. The Bertz CT molecular complexity index is 306. The van der Waals surface area contributed by atoms with Gasteiger partial charge in [0, 0.05) is 18.3 Å². The van der Waals surface area contributed by atoms with Crippen LogP contribution in [0.1, 0.15) is 31.5 Å². The summed E-state index contributed by atoms with van der Waals surface area (Å²) in [4.78, 5) is 15.4. The van der Waals surface area contributed by atoms with Crippen molar-refractivity contribution in [2.75, 3.05) is 6.61 Å². The molecule has 0 saturated heterocycles. The Morgan fingerprint density at radius 3 is 2.73 bits per heavy atom. The summed E-state index contributed by atoms with van der Waals surface area (Å²) in [5.41, 5.74) is 2.16. The second kappa shape index (κ2) is 6.17. The van der Waals surface area contributed by atoms with Gasteiger partial charge in [-0.3, -0.25) is 9.78 Å². The fourth-order valence-corrected chi connectivity index (χ4v) is 1.28. The van der Waals surface area contributed by atoms with Crippen molar-refractivity contribution in [1.29, 1.82) is 0 Å². The Labute approximate surface area is 90.5 Å². The molecule has 1 aromatic heterocycles. The number of ether oxygens (including phenoxy) is 1. The van der Waals surface area contributed by atoms with E-state index in [0.717, 1.165) is 12.1 Å². The summed E-state index contributed by atoms with van der Waals surface area (Å²) in [5.74, 6) is -0.154. The van der Waals surface area contributed by atoms with Crippen molar-refractivity contribution >= 4 is 5.97 Å². The van der Waals surface area contributed by atoms with Crippen LogP contribution in [0.4, 0.5) is 0 Å². The molecule has 3 heteroatoms. The van der Waals surface area contributed by atoms with Gasteiger partial charge in [-0.05, 0) is 25.0 Å². The molecule has 0 unspecified atom stereocenters. The summed E-state index contributed by atoms with van der Waals surface area (Å²) in [6.07, 6.45) is 3.92. The summed E-state index contributed by atoms with van der Waals surface area (Å²) < 4.78 is 4.84. The van der Waals surface area contributed by atoms with Gasteiger partial charge >= 0.3 is 5.97 Å². The summed E-state index contributed by atoms with van der Waals surface area (Å²) in [7, 11) is 0. The minimum atomic E-state index is -0.154. The van der Waals surface area contributed by atoms with Crippen molar-refractivity contribution in [2.45, 2.75) is 33.1 Å². The smallest absolute Gasteiger partial charge is 0.306 e. The van der Waals surface area contributed by atoms with Crippen molar-refractivity contribution < 1.29 is 9.53 Å². The number of aromatic nitrogens is 1. The first-order chi connectivity index (χ1) is 7.26. The highest BCUT2D eigenvalue weighted by molar-refractivity contribution is 5.69. The van der Waals surface area contributed by atoms with E-state index in [1.54, 1.807) is 0 Å². The largest absolute Gasteiger partial charge is 0.466 e. The van der Waals surface area contributed by atoms with Crippen LogP contribution in [-0.2, 0) is 22.4 Å². The third-order valence-electron chi connectivity index (χ3n) is 2.18. The van der Waals surface area contributed by atoms with Crippen molar-refractivity contribution in [1.82, 2.24) is 4.98 Å². The normalized spacial score (nSPS) is 10.0. The lowest BCUT2D eigenvalue weighted by molar-refractivity contribution is -0.143. The van der Waals surface area contributed by atoms with Crippen LogP contribution in [0.2, 0.25) is 0 Å². The van der Waals surface area contributed by atoms with Crippen molar-refractivity contribution in [3.63, 3.8) is 0 Å². The molecule has 0 atom stereocenters. The Morgan fingerprint density at radius 1 is 1.40 bits per heavy atom. The van der Waals surface area contributed by atoms with Gasteiger partial charge in [0.05, 0.1) is 13.0 Å². The van der Waals surface area contributed by atoms with Crippen molar-refractivity contribution in [3.05, 3.63) is 29.6 Å². The van der Waals surface area contributed by atoms with Crippen molar-refractivity contribution in [3.8, 4) is 0 Å². The summed E-state index contributed by atoms with van der Waals surface area (Å²) in [5, 5.41) is 0. The number of hydrogen-bond donors (Lipinski definition) is 0. The molecular weight excluding hydrogens is 190 g/mol. The van der Waals surface area contributed by atoms with Crippen LogP contribution >= 0.6 is 0 Å². The van der Waals surface area contributed by atoms with E-state index in [1.165, 1.54) is 5.56 Å². The molecule has 0 aliphatic carbocycles. The molecule has 3 nitrogen and oxygen atoms in total. The topological polar surface area (TPSA) is 39.2 Å². The number of nitrogens with zero attached hydrogens (tertiary/aromatic N) is 1. The Balaban J connectivity index is 2.40. The summed E-state index contributed by atoms with van der Waals surface area (Å²) >= 11 is 0. The SMILES string of the molecule is CCOC(=O)CCc1ccc(CC)cn1. The highest BCUT2D eigenvalue weighted by atomic mass is 16.5. The molecule has 0 saturated carbocycles. The predicted octanol–water partition coefficient (Wildman–Crippen LogP) is 2.14. The van der Waals surface area contributed by atoms with Crippen LogP contribution < -0.4 is 0 Å². The quantitative estimate of drug-likeness (QED) is 0.694. The molecule has 0 radical (unpaired) electrons. The predicted molar refractivity (Wildman–Crippen MR) is 58.6 cm³/mol. The molecule has 0 aromatic carbocycles. The van der Waals surface area contributed by atoms with Crippen LogP contribution in [-0.4, -0.2) is 17.6 Å². The molecule has 0 fully saturated rings. The fourth-order valence-electron chi connectivity index (χ4n) is 1.28. The van der Waals surface area contributed by atoms with Crippen molar-refractivity contribution in [2.24, 2.45) is 0 Å². The number of carbonyl (C=O) groups is 1. The zero-order valence-corrected chi connectivity index (χ0v) is 9.32. The Kier molecular flexibility index (Phi) is 4.81. The second-order valence-electron chi connectivity index (χ2n) is 3.32. The van der Waals surface area contributed by atoms with E-state index in [1.807, 2.05) is 25.3 Å². The second-order valence-corrected chi connectivity index (χ2v) is 3.32. The van der Waals surface area contributed by atoms with Gasteiger partial charge in [-0.25, -0.2) is 0 Å².